The third-order valence-electron chi connectivity index (χ3n) is 3.87. The Morgan fingerprint density at radius 2 is 1.74 bits per heavy atom. The Morgan fingerprint density at radius 3 is 2.37 bits per heavy atom. The Labute approximate surface area is 156 Å². The summed E-state index contributed by atoms with van der Waals surface area (Å²) in [5, 5.41) is 2.65. The van der Waals surface area contributed by atoms with Crippen LogP contribution >= 0.6 is 0 Å². The Balaban J connectivity index is 1.76. The van der Waals surface area contributed by atoms with E-state index in [1.807, 2.05) is 0 Å². The maximum Gasteiger partial charge on any atom is 0.311 e. The van der Waals surface area contributed by atoms with Gasteiger partial charge in [0.25, 0.3) is 5.91 Å². The van der Waals surface area contributed by atoms with Crippen LogP contribution in [0.3, 0.4) is 0 Å². The zero-order chi connectivity index (χ0) is 19.8. The summed E-state index contributed by atoms with van der Waals surface area (Å²) in [7, 11) is 1.35. The number of hydrogen-bond acceptors (Lipinski definition) is 4. The molecule has 0 heterocycles. The molecule has 0 fully saturated rings. The van der Waals surface area contributed by atoms with Crippen LogP contribution in [0, 0.1) is 11.6 Å². The first kappa shape index (κ1) is 20.4. The van der Waals surface area contributed by atoms with Gasteiger partial charge in [-0.15, -0.1) is 0 Å². The van der Waals surface area contributed by atoms with E-state index in [2.05, 4.69) is 5.32 Å². The molecule has 0 saturated heterocycles. The quantitative estimate of drug-likeness (QED) is 0.719. The predicted molar refractivity (Wildman–Crippen MR) is 95.3 cm³/mol. The van der Waals surface area contributed by atoms with Crippen molar-refractivity contribution in [2.75, 3.05) is 13.7 Å². The molecule has 27 heavy (non-hydrogen) atoms. The molecule has 0 radical (unpaired) electrons. The van der Waals surface area contributed by atoms with Gasteiger partial charge in [0.05, 0.1) is 13.5 Å². The summed E-state index contributed by atoms with van der Waals surface area (Å²) in [5.74, 6) is -1.89. The number of benzene rings is 2. The fourth-order valence-corrected chi connectivity index (χ4v) is 2.40. The average Bonchev–Trinajstić information content (AvgIpc) is 2.63. The van der Waals surface area contributed by atoms with Gasteiger partial charge in [0.15, 0.2) is 17.7 Å². The Bertz CT molecular complexity index is 793. The van der Waals surface area contributed by atoms with Crippen molar-refractivity contribution >= 4 is 11.9 Å². The molecule has 2 aromatic carbocycles. The number of carbonyl (C=O) groups excluding carboxylic acids is 2. The van der Waals surface area contributed by atoms with Crippen molar-refractivity contribution in [3.8, 4) is 5.75 Å². The minimum atomic E-state index is -0.978. The van der Waals surface area contributed by atoms with Crippen LogP contribution in [-0.2, 0) is 27.2 Å². The predicted octanol–water partition coefficient (Wildman–Crippen LogP) is 2.81. The molecule has 0 saturated carbocycles. The van der Waals surface area contributed by atoms with Crippen LogP contribution < -0.4 is 10.1 Å². The summed E-state index contributed by atoms with van der Waals surface area (Å²) in [6.45, 7) is 1.79. The lowest BCUT2D eigenvalue weighted by atomic mass is 10.1. The smallest absolute Gasteiger partial charge is 0.311 e. The van der Waals surface area contributed by atoms with Crippen LogP contribution in [0.4, 0.5) is 8.78 Å². The largest absolute Gasteiger partial charge is 0.494 e. The van der Waals surface area contributed by atoms with E-state index in [1.54, 1.807) is 18.2 Å². The molecule has 1 N–H and O–H groups in total. The van der Waals surface area contributed by atoms with Gasteiger partial charge in [-0.3, -0.25) is 9.59 Å². The van der Waals surface area contributed by atoms with E-state index in [-0.39, 0.29) is 18.0 Å². The average molecular weight is 377 g/mol. The van der Waals surface area contributed by atoms with Crippen molar-refractivity contribution in [3.05, 3.63) is 65.2 Å². The van der Waals surface area contributed by atoms with Gasteiger partial charge < -0.3 is 14.8 Å². The molecule has 2 aromatic rings. The Morgan fingerprint density at radius 1 is 1.07 bits per heavy atom. The van der Waals surface area contributed by atoms with Gasteiger partial charge in [-0.25, -0.2) is 8.78 Å². The van der Waals surface area contributed by atoms with Crippen molar-refractivity contribution in [2.45, 2.75) is 25.9 Å². The second kappa shape index (κ2) is 9.66. The molecule has 1 amide bonds. The lowest BCUT2D eigenvalue weighted by Gasteiger charge is -2.14. The van der Waals surface area contributed by atoms with Crippen molar-refractivity contribution in [3.63, 3.8) is 0 Å². The molecule has 5 nitrogen and oxygen atoms in total. The molecule has 0 spiro atoms. The summed E-state index contributed by atoms with van der Waals surface area (Å²) < 4.78 is 36.4. The number of halogens is 2. The summed E-state index contributed by atoms with van der Waals surface area (Å²) >= 11 is 0. The third-order valence-corrected chi connectivity index (χ3v) is 3.87. The topological polar surface area (TPSA) is 64.6 Å². The van der Waals surface area contributed by atoms with Crippen molar-refractivity contribution in [1.82, 2.24) is 5.32 Å². The lowest BCUT2D eigenvalue weighted by Crippen LogP contribution is -2.37. The molecule has 144 valence electrons. The standard InChI is InChI=1S/C20H21F2NO4/c1-13(20(25)23-10-9-14-3-6-16(21)7-4-14)27-19(24)12-15-5-8-18(26-2)17(22)11-15/h3-8,11,13H,9-10,12H2,1-2H3,(H,23,25)/t13-/m1/s1. The Kier molecular flexibility index (Phi) is 7.28. The van der Waals surface area contributed by atoms with Gasteiger partial charge in [0.2, 0.25) is 0 Å². The fourth-order valence-electron chi connectivity index (χ4n) is 2.40. The normalized spacial score (nSPS) is 11.6. The molecule has 0 aliphatic rings. The Hall–Kier alpha value is -2.96. The first-order valence-corrected chi connectivity index (χ1v) is 8.43. The molecular weight excluding hydrogens is 356 g/mol. The number of esters is 1. The summed E-state index contributed by atoms with van der Waals surface area (Å²) in [5.41, 5.74) is 1.30. The van der Waals surface area contributed by atoms with Crippen molar-refractivity contribution in [1.29, 1.82) is 0 Å². The van der Waals surface area contributed by atoms with Gasteiger partial charge in [0, 0.05) is 6.54 Å². The second-order valence-electron chi connectivity index (χ2n) is 5.95. The number of carbonyl (C=O) groups is 2. The zero-order valence-corrected chi connectivity index (χ0v) is 15.1. The van der Waals surface area contributed by atoms with Gasteiger partial charge in [-0.2, -0.15) is 0 Å². The highest BCUT2D eigenvalue weighted by molar-refractivity contribution is 5.83. The van der Waals surface area contributed by atoms with Crippen LogP contribution in [0.1, 0.15) is 18.1 Å². The molecule has 0 aliphatic carbocycles. The van der Waals surface area contributed by atoms with Crippen LogP contribution in [0.15, 0.2) is 42.5 Å². The van der Waals surface area contributed by atoms with Crippen molar-refractivity contribution < 1.29 is 27.8 Å². The number of methoxy groups -OCH3 is 1. The third kappa shape index (κ3) is 6.36. The highest BCUT2D eigenvalue weighted by Gasteiger charge is 2.18. The molecule has 7 heteroatoms. The maximum absolute atomic E-state index is 13.6. The van der Waals surface area contributed by atoms with Crippen LogP contribution in [0.5, 0.6) is 5.75 Å². The van der Waals surface area contributed by atoms with Gasteiger partial charge >= 0.3 is 5.97 Å². The van der Waals surface area contributed by atoms with Crippen molar-refractivity contribution in [2.24, 2.45) is 0 Å². The number of ether oxygens (including phenoxy) is 2. The van der Waals surface area contributed by atoms with Crippen LogP contribution in [0.2, 0.25) is 0 Å². The van der Waals surface area contributed by atoms with E-state index < -0.39 is 23.8 Å². The number of nitrogens with one attached hydrogen (secondary N) is 1. The fraction of sp³-hybridized carbons (Fsp3) is 0.300. The van der Waals surface area contributed by atoms with E-state index in [0.717, 1.165) is 5.56 Å². The first-order chi connectivity index (χ1) is 12.9. The monoisotopic (exact) mass is 377 g/mol. The highest BCUT2D eigenvalue weighted by atomic mass is 19.1. The number of hydrogen-bond donors (Lipinski definition) is 1. The second-order valence-corrected chi connectivity index (χ2v) is 5.95. The molecule has 1 atom stereocenters. The van der Waals surface area contributed by atoms with E-state index in [9.17, 15) is 18.4 Å². The number of amides is 1. The molecule has 2 rings (SSSR count). The highest BCUT2D eigenvalue weighted by Crippen LogP contribution is 2.18. The minimum absolute atomic E-state index is 0.0843. The van der Waals surface area contributed by atoms with Gasteiger partial charge in [0.1, 0.15) is 5.82 Å². The van der Waals surface area contributed by atoms with E-state index in [0.29, 0.717) is 18.5 Å². The summed E-state index contributed by atoms with van der Waals surface area (Å²) in [4.78, 5) is 23.9. The molecule has 0 unspecified atom stereocenters. The van der Waals surface area contributed by atoms with Crippen LogP contribution in [-0.4, -0.2) is 31.6 Å². The number of rotatable bonds is 8. The summed E-state index contributed by atoms with van der Waals surface area (Å²) in [6.07, 6.45) is -0.611. The van der Waals surface area contributed by atoms with E-state index in [4.69, 9.17) is 9.47 Å². The van der Waals surface area contributed by atoms with E-state index in [1.165, 1.54) is 38.3 Å². The molecule has 0 bridgehead atoms. The molecular formula is C20H21F2NO4. The zero-order valence-electron chi connectivity index (χ0n) is 15.1. The van der Waals surface area contributed by atoms with Crippen LogP contribution in [0.25, 0.3) is 0 Å². The molecule has 0 aliphatic heterocycles. The minimum Gasteiger partial charge on any atom is -0.494 e. The molecule has 0 aromatic heterocycles. The van der Waals surface area contributed by atoms with E-state index >= 15 is 0 Å². The maximum atomic E-state index is 13.6. The first-order valence-electron chi connectivity index (χ1n) is 8.43. The summed E-state index contributed by atoms with van der Waals surface area (Å²) in [6, 6.07) is 10.1. The van der Waals surface area contributed by atoms with Gasteiger partial charge in [-0.05, 0) is 48.7 Å². The van der Waals surface area contributed by atoms with Gasteiger partial charge in [-0.1, -0.05) is 18.2 Å². The SMILES string of the molecule is COc1ccc(CC(=O)O[C@H](C)C(=O)NCCc2ccc(F)cc2)cc1F. The lowest BCUT2D eigenvalue weighted by molar-refractivity contribution is -0.154.